The molecule has 0 N–H and O–H groups in total. The molecule has 0 bridgehead atoms. The first-order valence-electron chi connectivity index (χ1n) is 7.24. The molecule has 0 spiro atoms. The van der Waals surface area contributed by atoms with E-state index in [1.54, 1.807) is 0 Å². The Morgan fingerprint density at radius 3 is 2.89 bits per heavy atom. The van der Waals surface area contributed by atoms with Crippen molar-refractivity contribution >= 4 is 23.6 Å². The molecule has 1 aliphatic heterocycles. The van der Waals surface area contributed by atoms with Crippen LogP contribution in [-0.4, -0.2) is 19.4 Å². The number of benzene rings is 1. The summed E-state index contributed by atoms with van der Waals surface area (Å²) in [4.78, 5) is 13.2. The topological polar surface area (TPSA) is 20.3 Å². The van der Waals surface area contributed by atoms with E-state index in [4.69, 9.17) is 11.6 Å². The largest absolute Gasteiger partial charge is 0.371 e. The van der Waals surface area contributed by atoms with Crippen molar-refractivity contribution < 1.29 is 4.79 Å². The van der Waals surface area contributed by atoms with Gasteiger partial charge < -0.3 is 4.90 Å². The number of anilines is 1. The second-order valence-electron chi connectivity index (χ2n) is 5.40. The highest BCUT2D eigenvalue weighted by Crippen LogP contribution is 2.28. The molecule has 3 heteroatoms. The number of hydrogen-bond acceptors (Lipinski definition) is 2. The van der Waals surface area contributed by atoms with Crippen molar-refractivity contribution in [2.24, 2.45) is 5.92 Å². The van der Waals surface area contributed by atoms with E-state index in [9.17, 15) is 4.79 Å². The quantitative estimate of drug-likeness (QED) is 0.753. The van der Waals surface area contributed by atoms with Crippen molar-refractivity contribution in [2.45, 2.75) is 39.0 Å². The van der Waals surface area contributed by atoms with E-state index in [-0.39, 0.29) is 0 Å². The van der Waals surface area contributed by atoms with Crippen LogP contribution in [0.1, 0.15) is 49.4 Å². The number of hydrogen-bond donors (Lipinski definition) is 0. The molecular weight excluding hydrogens is 258 g/mol. The second-order valence-corrected chi connectivity index (χ2v) is 5.80. The standard InChI is InChI=1S/C16H22ClNO/c1-2-4-13-5-3-9-18(10-8-13)15-7-6-14(12-19)16(17)11-15/h6-7,11-13H,2-5,8-10H2,1H3. The van der Waals surface area contributed by atoms with Crippen LogP contribution in [0.5, 0.6) is 0 Å². The number of aldehydes is 1. The van der Waals surface area contributed by atoms with Crippen LogP contribution in [0.25, 0.3) is 0 Å². The Morgan fingerprint density at radius 2 is 2.21 bits per heavy atom. The maximum Gasteiger partial charge on any atom is 0.151 e. The maximum absolute atomic E-state index is 10.8. The second kappa shape index (κ2) is 6.95. The number of carbonyl (C=O) groups is 1. The number of rotatable bonds is 4. The van der Waals surface area contributed by atoms with Crippen molar-refractivity contribution in [1.29, 1.82) is 0 Å². The highest BCUT2D eigenvalue weighted by atomic mass is 35.5. The van der Waals surface area contributed by atoms with Gasteiger partial charge in [0.05, 0.1) is 5.02 Å². The Hall–Kier alpha value is -1.02. The summed E-state index contributed by atoms with van der Waals surface area (Å²) < 4.78 is 0. The lowest BCUT2D eigenvalue weighted by atomic mass is 9.96. The molecule has 1 saturated heterocycles. The van der Waals surface area contributed by atoms with E-state index in [2.05, 4.69) is 11.8 Å². The zero-order valence-corrected chi connectivity index (χ0v) is 12.3. The molecule has 1 aromatic carbocycles. The Labute approximate surface area is 120 Å². The molecular formula is C16H22ClNO. The minimum absolute atomic E-state index is 0.557. The van der Waals surface area contributed by atoms with Gasteiger partial charge in [0.25, 0.3) is 0 Å². The van der Waals surface area contributed by atoms with Gasteiger partial charge in [-0.1, -0.05) is 31.4 Å². The van der Waals surface area contributed by atoms with Gasteiger partial charge >= 0.3 is 0 Å². The van der Waals surface area contributed by atoms with Crippen molar-refractivity contribution in [2.75, 3.05) is 18.0 Å². The van der Waals surface area contributed by atoms with E-state index in [1.165, 1.54) is 32.1 Å². The molecule has 104 valence electrons. The van der Waals surface area contributed by atoms with E-state index in [1.807, 2.05) is 18.2 Å². The zero-order chi connectivity index (χ0) is 13.7. The fourth-order valence-electron chi connectivity index (χ4n) is 2.93. The van der Waals surface area contributed by atoms with E-state index >= 15 is 0 Å². The Kier molecular flexibility index (Phi) is 5.26. The van der Waals surface area contributed by atoms with E-state index in [0.717, 1.165) is 31.0 Å². The molecule has 0 saturated carbocycles. The number of halogens is 1. The van der Waals surface area contributed by atoms with Gasteiger partial charge in [0, 0.05) is 24.3 Å². The van der Waals surface area contributed by atoms with Crippen LogP contribution >= 0.6 is 11.6 Å². The van der Waals surface area contributed by atoms with Crippen LogP contribution in [0.4, 0.5) is 5.69 Å². The first-order valence-corrected chi connectivity index (χ1v) is 7.62. The monoisotopic (exact) mass is 279 g/mol. The molecule has 1 unspecified atom stereocenters. The molecule has 0 aromatic heterocycles. The fourth-order valence-corrected chi connectivity index (χ4v) is 3.15. The summed E-state index contributed by atoms with van der Waals surface area (Å²) in [6.07, 6.45) is 7.29. The summed E-state index contributed by atoms with van der Waals surface area (Å²) in [5, 5.41) is 0.557. The molecule has 0 amide bonds. The molecule has 1 aliphatic rings. The smallest absolute Gasteiger partial charge is 0.151 e. The zero-order valence-electron chi connectivity index (χ0n) is 11.6. The summed E-state index contributed by atoms with van der Waals surface area (Å²) in [5.74, 6) is 0.875. The highest BCUT2D eigenvalue weighted by molar-refractivity contribution is 6.33. The molecule has 1 heterocycles. The van der Waals surface area contributed by atoms with Gasteiger partial charge in [0.1, 0.15) is 0 Å². The lowest BCUT2D eigenvalue weighted by molar-refractivity contribution is 0.112. The Morgan fingerprint density at radius 1 is 1.37 bits per heavy atom. The van der Waals surface area contributed by atoms with Gasteiger partial charge in [-0.05, 0) is 43.4 Å². The molecule has 0 aliphatic carbocycles. The van der Waals surface area contributed by atoms with Crippen LogP contribution in [0.2, 0.25) is 5.02 Å². The van der Waals surface area contributed by atoms with Gasteiger partial charge in [-0.15, -0.1) is 0 Å². The van der Waals surface area contributed by atoms with Gasteiger partial charge in [0.15, 0.2) is 6.29 Å². The van der Waals surface area contributed by atoms with Gasteiger partial charge in [0.2, 0.25) is 0 Å². The predicted molar refractivity (Wildman–Crippen MR) is 81.3 cm³/mol. The molecule has 2 rings (SSSR count). The SMILES string of the molecule is CCCC1CCCN(c2ccc(C=O)c(Cl)c2)CC1. The average molecular weight is 280 g/mol. The molecule has 0 radical (unpaired) electrons. The third-order valence-electron chi connectivity index (χ3n) is 4.02. The highest BCUT2D eigenvalue weighted by Gasteiger charge is 2.17. The number of nitrogens with zero attached hydrogens (tertiary/aromatic N) is 1. The van der Waals surface area contributed by atoms with Crippen molar-refractivity contribution in [3.8, 4) is 0 Å². The first-order chi connectivity index (χ1) is 9.24. The van der Waals surface area contributed by atoms with Crippen LogP contribution in [-0.2, 0) is 0 Å². The van der Waals surface area contributed by atoms with Crippen molar-refractivity contribution in [3.05, 3.63) is 28.8 Å². The number of carbonyl (C=O) groups excluding carboxylic acids is 1. The molecule has 1 fully saturated rings. The van der Waals surface area contributed by atoms with E-state index in [0.29, 0.717) is 10.6 Å². The average Bonchev–Trinajstić information content (AvgIpc) is 2.65. The predicted octanol–water partition coefficient (Wildman–Crippen LogP) is 4.56. The molecule has 2 nitrogen and oxygen atoms in total. The van der Waals surface area contributed by atoms with Crippen LogP contribution in [0, 0.1) is 5.92 Å². The summed E-state index contributed by atoms with van der Waals surface area (Å²) >= 11 is 6.11. The molecule has 1 aromatic rings. The summed E-state index contributed by atoms with van der Waals surface area (Å²) in [6, 6.07) is 5.75. The third kappa shape index (κ3) is 3.73. The lowest BCUT2D eigenvalue weighted by Gasteiger charge is -2.23. The first kappa shape index (κ1) is 14.4. The Balaban J connectivity index is 2.05. The summed E-state index contributed by atoms with van der Waals surface area (Å²) in [5.41, 5.74) is 1.72. The van der Waals surface area contributed by atoms with Crippen LogP contribution in [0.15, 0.2) is 18.2 Å². The normalized spacial score (nSPS) is 20.1. The fraction of sp³-hybridized carbons (Fsp3) is 0.562. The van der Waals surface area contributed by atoms with Crippen LogP contribution in [0.3, 0.4) is 0 Å². The van der Waals surface area contributed by atoms with Crippen molar-refractivity contribution in [1.82, 2.24) is 0 Å². The van der Waals surface area contributed by atoms with Gasteiger partial charge in [-0.2, -0.15) is 0 Å². The minimum Gasteiger partial charge on any atom is -0.371 e. The maximum atomic E-state index is 10.8. The minimum atomic E-state index is 0.557. The van der Waals surface area contributed by atoms with Crippen molar-refractivity contribution in [3.63, 3.8) is 0 Å². The summed E-state index contributed by atoms with van der Waals surface area (Å²) in [6.45, 7) is 4.46. The lowest BCUT2D eigenvalue weighted by Crippen LogP contribution is -2.24. The van der Waals surface area contributed by atoms with Crippen LogP contribution < -0.4 is 4.90 Å². The Bertz CT molecular complexity index is 433. The van der Waals surface area contributed by atoms with Gasteiger partial charge in [-0.3, -0.25) is 4.79 Å². The molecule has 19 heavy (non-hydrogen) atoms. The molecule has 1 atom stereocenters. The van der Waals surface area contributed by atoms with E-state index < -0.39 is 0 Å². The van der Waals surface area contributed by atoms with Gasteiger partial charge in [-0.25, -0.2) is 0 Å². The third-order valence-corrected chi connectivity index (χ3v) is 4.35. The summed E-state index contributed by atoms with van der Waals surface area (Å²) in [7, 11) is 0.